The molecular weight excluding hydrogens is 278 g/mol. The van der Waals surface area contributed by atoms with Crippen molar-refractivity contribution in [3.05, 3.63) is 28.2 Å². The maximum Gasteiger partial charge on any atom is 0.103 e. The molecule has 0 saturated carbocycles. The quantitative estimate of drug-likeness (QED) is 0.855. The highest BCUT2D eigenvalue weighted by Crippen LogP contribution is 2.27. The van der Waals surface area contributed by atoms with Gasteiger partial charge in [0.25, 0.3) is 0 Å². The molecule has 1 atom stereocenters. The van der Waals surface area contributed by atoms with Gasteiger partial charge in [-0.15, -0.1) is 0 Å². The van der Waals surface area contributed by atoms with Crippen molar-refractivity contribution >= 4 is 21.6 Å². The number of anilines is 1. The van der Waals surface area contributed by atoms with Crippen molar-refractivity contribution in [2.24, 2.45) is 5.92 Å². The molecule has 0 N–H and O–H groups in total. The van der Waals surface area contributed by atoms with E-state index in [0.717, 1.165) is 16.7 Å². The number of halogens is 1. The summed E-state index contributed by atoms with van der Waals surface area (Å²) in [5.74, 6) is -0.0551. The van der Waals surface area contributed by atoms with Gasteiger partial charge in [-0.05, 0) is 41.9 Å². The lowest BCUT2D eigenvalue weighted by molar-refractivity contribution is 0.685. The predicted molar refractivity (Wildman–Crippen MR) is 71.5 cm³/mol. The van der Waals surface area contributed by atoms with Crippen LogP contribution in [-0.2, 0) is 0 Å². The van der Waals surface area contributed by atoms with Gasteiger partial charge in [0.2, 0.25) is 0 Å². The Balaban J connectivity index is 3.09. The van der Waals surface area contributed by atoms with Gasteiger partial charge in [0.15, 0.2) is 0 Å². The van der Waals surface area contributed by atoms with Crippen molar-refractivity contribution in [2.75, 3.05) is 18.0 Å². The van der Waals surface area contributed by atoms with Crippen LogP contribution in [0.5, 0.6) is 0 Å². The van der Waals surface area contributed by atoms with Gasteiger partial charge < -0.3 is 4.90 Å². The van der Waals surface area contributed by atoms with Gasteiger partial charge in [-0.3, -0.25) is 0 Å². The molecule has 1 rings (SSSR count). The molecule has 88 valence electrons. The Bertz CT molecular complexity index is 471. The lowest BCUT2D eigenvalue weighted by Gasteiger charge is -2.25. The van der Waals surface area contributed by atoms with Crippen molar-refractivity contribution < 1.29 is 0 Å². The summed E-state index contributed by atoms with van der Waals surface area (Å²) in [5, 5.41) is 18.0. The Morgan fingerprint density at radius 2 is 2.12 bits per heavy atom. The Labute approximate surface area is 110 Å². The molecule has 3 nitrogen and oxygen atoms in total. The lowest BCUT2D eigenvalue weighted by atomic mass is 10.1. The zero-order valence-electron chi connectivity index (χ0n) is 9.94. The van der Waals surface area contributed by atoms with Crippen LogP contribution in [0.2, 0.25) is 0 Å². The molecule has 0 radical (unpaired) electrons. The maximum absolute atomic E-state index is 9.16. The zero-order chi connectivity index (χ0) is 12.8. The Morgan fingerprint density at radius 3 is 2.65 bits per heavy atom. The summed E-state index contributed by atoms with van der Waals surface area (Å²) >= 11 is 3.37. The Morgan fingerprint density at radius 1 is 1.41 bits per heavy atom. The molecule has 1 aromatic carbocycles. The molecule has 0 saturated heterocycles. The van der Waals surface area contributed by atoms with Crippen LogP contribution in [0.15, 0.2) is 22.7 Å². The van der Waals surface area contributed by atoms with Crippen LogP contribution >= 0.6 is 15.9 Å². The molecule has 0 aliphatic heterocycles. The molecule has 0 amide bonds. The fourth-order valence-electron chi connectivity index (χ4n) is 1.66. The number of nitrogens with zero attached hydrogens (tertiary/aromatic N) is 3. The van der Waals surface area contributed by atoms with E-state index in [-0.39, 0.29) is 5.92 Å². The van der Waals surface area contributed by atoms with Gasteiger partial charge in [0.1, 0.15) is 6.07 Å². The fourth-order valence-corrected chi connectivity index (χ4v) is 2.10. The van der Waals surface area contributed by atoms with Gasteiger partial charge in [0, 0.05) is 17.6 Å². The minimum Gasteiger partial charge on any atom is -0.369 e. The van der Waals surface area contributed by atoms with E-state index < -0.39 is 0 Å². The lowest BCUT2D eigenvalue weighted by Crippen LogP contribution is -2.28. The van der Waals surface area contributed by atoms with Gasteiger partial charge in [-0.25, -0.2) is 0 Å². The molecular formula is C13H14BrN3. The van der Waals surface area contributed by atoms with Crippen LogP contribution in [0.1, 0.15) is 19.4 Å². The van der Waals surface area contributed by atoms with E-state index in [2.05, 4.69) is 33.0 Å². The summed E-state index contributed by atoms with van der Waals surface area (Å²) in [4.78, 5) is 2.05. The zero-order valence-corrected chi connectivity index (χ0v) is 11.5. The third-order valence-corrected chi connectivity index (χ3v) is 3.20. The topological polar surface area (TPSA) is 50.8 Å². The minimum absolute atomic E-state index is 0.0551. The van der Waals surface area contributed by atoms with E-state index in [0.29, 0.717) is 12.1 Å². The molecule has 0 bridgehead atoms. The predicted octanol–water partition coefficient (Wildman–Crippen LogP) is 3.31. The highest BCUT2D eigenvalue weighted by Gasteiger charge is 2.14. The summed E-state index contributed by atoms with van der Waals surface area (Å²) in [6.45, 7) is 5.31. The first kappa shape index (κ1) is 13.5. The van der Waals surface area contributed by atoms with E-state index in [1.165, 1.54) is 0 Å². The van der Waals surface area contributed by atoms with E-state index in [4.69, 9.17) is 10.5 Å². The largest absolute Gasteiger partial charge is 0.369 e. The Kier molecular flexibility index (Phi) is 5.00. The third kappa shape index (κ3) is 3.22. The van der Waals surface area contributed by atoms with Gasteiger partial charge in [-0.2, -0.15) is 10.5 Å². The smallest absolute Gasteiger partial charge is 0.103 e. The van der Waals surface area contributed by atoms with Crippen LogP contribution in [0, 0.1) is 28.6 Å². The number of nitriles is 2. The highest BCUT2D eigenvalue weighted by atomic mass is 79.9. The van der Waals surface area contributed by atoms with Crippen molar-refractivity contribution in [1.82, 2.24) is 0 Å². The first-order valence-electron chi connectivity index (χ1n) is 5.47. The van der Waals surface area contributed by atoms with Crippen molar-refractivity contribution in [3.63, 3.8) is 0 Å². The van der Waals surface area contributed by atoms with Crippen LogP contribution in [0.3, 0.4) is 0 Å². The van der Waals surface area contributed by atoms with Crippen molar-refractivity contribution in [1.29, 1.82) is 10.5 Å². The minimum atomic E-state index is -0.0551. The van der Waals surface area contributed by atoms with Crippen molar-refractivity contribution in [3.8, 4) is 12.1 Å². The average molecular weight is 292 g/mol. The molecule has 1 aromatic rings. The molecule has 0 aliphatic carbocycles. The van der Waals surface area contributed by atoms with Gasteiger partial charge in [0.05, 0.1) is 23.2 Å². The summed E-state index contributed by atoms with van der Waals surface area (Å²) in [6, 6.07) is 10.1. The number of benzene rings is 1. The average Bonchev–Trinajstić information content (AvgIpc) is 2.35. The first-order valence-corrected chi connectivity index (χ1v) is 6.26. The second-order valence-corrected chi connectivity index (χ2v) is 4.67. The summed E-state index contributed by atoms with van der Waals surface area (Å²) in [5.41, 5.74) is 1.51. The number of hydrogen-bond donors (Lipinski definition) is 0. The molecule has 0 spiro atoms. The van der Waals surface area contributed by atoms with E-state index >= 15 is 0 Å². The molecule has 17 heavy (non-hydrogen) atoms. The number of hydrogen-bond acceptors (Lipinski definition) is 3. The Hall–Kier alpha value is -1.52. The summed E-state index contributed by atoms with van der Waals surface area (Å²) in [7, 11) is 0. The standard InChI is InChI=1S/C13H14BrN3/c1-3-17(9-10(2)7-15)13-6-4-5-12(14)11(13)8-16/h4-6,10H,3,9H2,1-2H3. The number of rotatable bonds is 4. The molecule has 0 aliphatic rings. The van der Waals surface area contributed by atoms with Crippen molar-refractivity contribution in [2.45, 2.75) is 13.8 Å². The van der Waals surface area contributed by atoms with Gasteiger partial charge in [-0.1, -0.05) is 6.07 Å². The van der Waals surface area contributed by atoms with E-state index in [1.54, 1.807) is 0 Å². The molecule has 0 heterocycles. The third-order valence-electron chi connectivity index (χ3n) is 2.54. The molecule has 0 fully saturated rings. The molecule has 0 aromatic heterocycles. The van der Waals surface area contributed by atoms with Crippen LogP contribution < -0.4 is 4.90 Å². The summed E-state index contributed by atoms with van der Waals surface area (Å²) in [6.07, 6.45) is 0. The summed E-state index contributed by atoms with van der Waals surface area (Å²) < 4.78 is 0.792. The maximum atomic E-state index is 9.16. The van der Waals surface area contributed by atoms with Crippen LogP contribution in [0.4, 0.5) is 5.69 Å². The van der Waals surface area contributed by atoms with Gasteiger partial charge >= 0.3 is 0 Å². The first-order chi connectivity index (χ1) is 8.13. The van der Waals surface area contributed by atoms with Crippen LogP contribution in [-0.4, -0.2) is 13.1 Å². The van der Waals surface area contributed by atoms with E-state index in [1.807, 2.05) is 32.0 Å². The second kappa shape index (κ2) is 6.27. The molecule has 4 heteroatoms. The van der Waals surface area contributed by atoms with Crippen LogP contribution in [0.25, 0.3) is 0 Å². The second-order valence-electron chi connectivity index (χ2n) is 3.81. The molecule has 1 unspecified atom stereocenters. The highest BCUT2D eigenvalue weighted by molar-refractivity contribution is 9.10. The SMILES string of the molecule is CCN(CC(C)C#N)c1cccc(Br)c1C#N. The van der Waals surface area contributed by atoms with E-state index in [9.17, 15) is 0 Å². The monoisotopic (exact) mass is 291 g/mol. The normalized spacial score (nSPS) is 11.4. The fraction of sp³-hybridized carbons (Fsp3) is 0.385.